The fraction of sp³-hybridized carbons (Fsp3) is 0.333. The summed E-state index contributed by atoms with van der Waals surface area (Å²) in [4.78, 5) is 40.2. The Morgan fingerprint density at radius 2 is 1.77 bits per heavy atom. The van der Waals surface area contributed by atoms with E-state index in [1.54, 1.807) is 43.3 Å². The lowest BCUT2D eigenvalue weighted by Crippen LogP contribution is -2.51. The summed E-state index contributed by atoms with van der Waals surface area (Å²) in [7, 11) is 0. The van der Waals surface area contributed by atoms with Crippen molar-refractivity contribution in [1.29, 1.82) is 0 Å². The molecule has 4 rings (SSSR count). The first-order valence-electron chi connectivity index (χ1n) is 11.3. The highest BCUT2D eigenvalue weighted by atomic mass is 35.5. The lowest BCUT2D eigenvalue weighted by atomic mass is 9.95. The molecule has 0 saturated carbocycles. The molecule has 0 unspecified atom stereocenters. The zero-order chi connectivity index (χ0) is 24.9. The molecule has 2 N–H and O–H groups in total. The summed E-state index contributed by atoms with van der Waals surface area (Å²) in [6.45, 7) is 5.10. The van der Waals surface area contributed by atoms with Gasteiger partial charge in [-0.3, -0.25) is 15.0 Å². The number of nitrogens with one attached hydrogen (secondary N) is 2. The van der Waals surface area contributed by atoms with Gasteiger partial charge in [0.1, 0.15) is 0 Å². The van der Waals surface area contributed by atoms with Gasteiger partial charge in [0, 0.05) is 61.3 Å². The average molecular weight is 500 g/mol. The minimum atomic E-state index is -0.656. The molecule has 2 aliphatic heterocycles. The zero-order valence-corrected chi connectivity index (χ0v) is 20.0. The molecule has 35 heavy (non-hydrogen) atoms. The van der Waals surface area contributed by atoms with E-state index in [9.17, 15) is 19.7 Å². The third kappa shape index (κ3) is 5.72. The number of rotatable bonds is 7. The fourth-order valence-electron chi connectivity index (χ4n) is 4.27. The van der Waals surface area contributed by atoms with Gasteiger partial charge in [0.05, 0.1) is 23.1 Å². The maximum atomic E-state index is 12.9. The van der Waals surface area contributed by atoms with E-state index in [1.807, 2.05) is 0 Å². The van der Waals surface area contributed by atoms with Crippen LogP contribution < -0.4 is 15.5 Å². The number of anilines is 1. The summed E-state index contributed by atoms with van der Waals surface area (Å²) in [5.41, 5.74) is 2.58. The molecule has 0 bridgehead atoms. The Balaban J connectivity index is 1.51. The van der Waals surface area contributed by atoms with E-state index in [-0.39, 0.29) is 12.3 Å². The number of nitrogens with zero attached hydrogens (tertiary/aromatic N) is 3. The molecule has 2 aromatic rings. The van der Waals surface area contributed by atoms with Crippen LogP contribution in [0.15, 0.2) is 59.8 Å². The molecule has 1 fully saturated rings. The second-order valence-corrected chi connectivity index (χ2v) is 8.67. The number of halogens is 1. The second-order valence-electron chi connectivity index (χ2n) is 8.23. The number of non-ortho nitro benzene ring substituents is 1. The predicted octanol–water partition coefficient (Wildman–Crippen LogP) is 3.24. The number of hydrogen-bond donors (Lipinski definition) is 2. The Morgan fingerprint density at radius 3 is 2.37 bits per heavy atom. The normalized spacial score (nSPS) is 18.6. The van der Waals surface area contributed by atoms with Crippen LogP contribution in [-0.2, 0) is 9.53 Å². The third-order valence-corrected chi connectivity index (χ3v) is 6.28. The molecular weight excluding hydrogens is 474 g/mol. The number of nitro groups is 1. The molecule has 1 saturated heterocycles. The van der Waals surface area contributed by atoms with E-state index in [4.69, 9.17) is 16.3 Å². The lowest BCUT2D eigenvalue weighted by Gasteiger charge is -2.38. The van der Waals surface area contributed by atoms with Gasteiger partial charge in [-0.05, 0) is 36.8 Å². The summed E-state index contributed by atoms with van der Waals surface area (Å²) in [5.74, 6) is -0.487. The van der Waals surface area contributed by atoms with E-state index in [0.29, 0.717) is 49.0 Å². The molecule has 2 amide bonds. The SMILES string of the molecule is CCOC(=O)C1=C(CN2CCN(c3ccc([N+](=O)[O-])cc3)CC2)NC(=O)N[C@@H]1c1ccc(Cl)cc1. The van der Waals surface area contributed by atoms with Crippen LogP contribution in [0.3, 0.4) is 0 Å². The van der Waals surface area contributed by atoms with Gasteiger partial charge in [0.25, 0.3) is 5.69 Å². The third-order valence-electron chi connectivity index (χ3n) is 6.03. The summed E-state index contributed by atoms with van der Waals surface area (Å²) in [6.07, 6.45) is 0. The van der Waals surface area contributed by atoms with Gasteiger partial charge in [-0.15, -0.1) is 0 Å². The molecule has 0 radical (unpaired) electrons. The van der Waals surface area contributed by atoms with Crippen molar-refractivity contribution in [2.75, 3.05) is 44.2 Å². The first kappa shape index (κ1) is 24.5. The zero-order valence-electron chi connectivity index (χ0n) is 19.2. The van der Waals surface area contributed by atoms with Crippen molar-refractivity contribution in [3.8, 4) is 0 Å². The van der Waals surface area contributed by atoms with Crippen LogP contribution in [0.4, 0.5) is 16.2 Å². The van der Waals surface area contributed by atoms with Crippen molar-refractivity contribution in [2.45, 2.75) is 13.0 Å². The Morgan fingerprint density at radius 1 is 1.11 bits per heavy atom. The molecule has 1 atom stereocenters. The van der Waals surface area contributed by atoms with Gasteiger partial charge in [-0.2, -0.15) is 0 Å². The van der Waals surface area contributed by atoms with Crippen LogP contribution in [0, 0.1) is 10.1 Å². The molecule has 2 heterocycles. The van der Waals surface area contributed by atoms with E-state index < -0.39 is 23.0 Å². The predicted molar refractivity (Wildman–Crippen MR) is 131 cm³/mol. The Kier molecular flexibility index (Phi) is 7.52. The van der Waals surface area contributed by atoms with Gasteiger partial charge in [0.15, 0.2) is 0 Å². The van der Waals surface area contributed by atoms with Gasteiger partial charge in [-0.1, -0.05) is 23.7 Å². The number of amides is 2. The number of carbonyl (C=O) groups excluding carboxylic acids is 2. The average Bonchev–Trinajstić information content (AvgIpc) is 2.85. The maximum absolute atomic E-state index is 12.9. The number of esters is 1. The summed E-state index contributed by atoms with van der Waals surface area (Å²) >= 11 is 6.02. The number of benzene rings is 2. The van der Waals surface area contributed by atoms with Crippen molar-refractivity contribution in [3.05, 3.63) is 80.5 Å². The minimum absolute atomic E-state index is 0.0581. The molecule has 184 valence electrons. The van der Waals surface area contributed by atoms with Crippen LogP contribution in [-0.4, -0.2) is 61.2 Å². The van der Waals surface area contributed by atoms with Crippen LogP contribution >= 0.6 is 11.6 Å². The molecule has 10 nitrogen and oxygen atoms in total. The van der Waals surface area contributed by atoms with E-state index >= 15 is 0 Å². The van der Waals surface area contributed by atoms with Crippen LogP contribution in [0.5, 0.6) is 0 Å². The Labute approximate surface area is 207 Å². The van der Waals surface area contributed by atoms with Crippen LogP contribution in [0.25, 0.3) is 0 Å². The molecule has 0 spiro atoms. The number of nitro benzene ring substituents is 1. The highest BCUT2D eigenvalue weighted by Gasteiger charge is 2.34. The topological polar surface area (TPSA) is 117 Å². The lowest BCUT2D eigenvalue weighted by molar-refractivity contribution is -0.384. The first-order chi connectivity index (χ1) is 16.9. The van der Waals surface area contributed by atoms with Crippen LogP contribution in [0.2, 0.25) is 5.02 Å². The standard InChI is InChI=1S/C24H26ClN5O5/c1-2-35-23(31)21-20(26-24(32)27-22(21)16-3-5-17(25)6-4-16)15-28-11-13-29(14-12-28)18-7-9-19(10-8-18)30(33)34/h3-10,22H,2,11-15H2,1H3,(H2,26,27,32)/t22-/m1/s1. The Hall–Kier alpha value is -3.63. The smallest absolute Gasteiger partial charge is 0.338 e. The molecule has 0 aliphatic carbocycles. The molecular formula is C24H26ClN5O5. The van der Waals surface area contributed by atoms with Gasteiger partial charge < -0.3 is 20.3 Å². The summed E-state index contributed by atoms with van der Waals surface area (Å²) in [6, 6.07) is 12.4. The monoisotopic (exact) mass is 499 g/mol. The van der Waals surface area contributed by atoms with Gasteiger partial charge in [0.2, 0.25) is 0 Å². The first-order valence-corrected chi connectivity index (χ1v) is 11.7. The van der Waals surface area contributed by atoms with Gasteiger partial charge in [-0.25, -0.2) is 9.59 Å². The molecule has 2 aliphatic rings. The van der Waals surface area contributed by atoms with Crippen molar-refractivity contribution in [2.24, 2.45) is 0 Å². The number of carbonyl (C=O) groups is 2. The van der Waals surface area contributed by atoms with E-state index in [0.717, 1.165) is 11.3 Å². The number of hydrogen-bond acceptors (Lipinski definition) is 7. The molecule has 2 aromatic carbocycles. The maximum Gasteiger partial charge on any atom is 0.338 e. The Bertz CT molecular complexity index is 1130. The molecule has 11 heteroatoms. The fourth-order valence-corrected chi connectivity index (χ4v) is 4.40. The summed E-state index contributed by atoms with van der Waals surface area (Å²) < 4.78 is 5.32. The second kappa shape index (κ2) is 10.7. The minimum Gasteiger partial charge on any atom is -0.463 e. The number of urea groups is 1. The van der Waals surface area contributed by atoms with Crippen molar-refractivity contribution in [3.63, 3.8) is 0 Å². The van der Waals surface area contributed by atoms with Crippen molar-refractivity contribution < 1.29 is 19.2 Å². The number of piperazine rings is 1. The van der Waals surface area contributed by atoms with Gasteiger partial charge >= 0.3 is 12.0 Å². The largest absolute Gasteiger partial charge is 0.463 e. The highest BCUT2D eigenvalue weighted by Crippen LogP contribution is 2.29. The van der Waals surface area contributed by atoms with Crippen molar-refractivity contribution >= 4 is 35.0 Å². The van der Waals surface area contributed by atoms with Crippen LogP contribution in [0.1, 0.15) is 18.5 Å². The number of ether oxygens (including phenoxy) is 1. The quantitative estimate of drug-likeness (QED) is 0.341. The van der Waals surface area contributed by atoms with E-state index in [1.165, 1.54) is 12.1 Å². The van der Waals surface area contributed by atoms with E-state index in [2.05, 4.69) is 20.4 Å². The molecule has 0 aromatic heterocycles. The van der Waals surface area contributed by atoms with Crippen molar-refractivity contribution in [1.82, 2.24) is 15.5 Å². The highest BCUT2D eigenvalue weighted by molar-refractivity contribution is 6.30. The summed E-state index contributed by atoms with van der Waals surface area (Å²) in [5, 5.41) is 17.1.